The van der Waals surface area contributed by atoms with Crippen LogP contribution in [0.1, 0.15) is 12.7 Å². The zero-order valence-electron chi connectivity index (χ0n) is 10.1. The summed E-state index contributed by atoms with van der Waals surface area (Å²) in [6.07, 6.45) is 2.96. The molecule has 0 spiro atoms. The van der Waals surface area contributed by atoms with E-state index in [9.17, 15) is 0 Å². The van der Waals surface area contributed by atoms with Gasteiger partial charge in [0, 0.05) is 18.0 Å². The molecule has 94 valence electrons. The number of nitrogens with two attached hydrogens (primary N) is 1. The van der Waals surface area contributed by atoms with Crippen molar-refractivity contribution in [3.05, 3.63) is 36.5 Å². The van der Waals surface area contributed by atoms with Crippen molar-refractivity contribution in [1.29, 1.82) is 0 Å². The van der Waals surface area contributed by atoms with Gasteiger partial charge in [-0.1, -0.05) is 0 Å². The largest absolute Gasteiger partial charge is 0.493 e. The van der Waals surface area contributed by atoms with Crippen LogP contribution in [0.2, 0.25) is 0 Å². The van der Waals surface area contributed by atoms with Crippen LogP contribution in [-0.2, 0) is 15.3 Å². The quantitative estimate of drug-likeness (QED) is 0.826. The standard InChI is InChI=1S/C13H13NO4/c1-13(16-5-6-17-13)11-7-8-9(14)3-4-10(15-2)12(8)18-11/h3-7H,14H2,1-2H3. The van der Waals surface area contributed by atoms with E-state index in [1.165, 1.54) is 12.5 Å². The number of benzene rings is 1. The monoisotopic (exact) mass is 247 g/mol. The van der Waals surface area contributed by atoms with Crippen LogP contribution in [0.15, 0.2) is 35.1 Å². The van der Waals surface area contributed by atoms with Crippen molar-refractivity contribution in [2.45, 2.75) is 12.7 Å². The van der Waals surface area contributed by atoms with Crippen molar-refractivity contribution >= 4 is 16.7 Å². The van der Waals surface area contributed by atoms with Crippen LogP contribution < -0.4 is 10.5 Å². The van der Waals surface area contributed by atoms with E-state index in [0.717, 1.165) is 5.39 Å². The zero-order valence-corrected chi connectivity index (χ0v) is 10.1. The number of methoxy groups -OCH3 is 1. The lowest BCUT2D eigenvalue weighted by molar-refractivity contribution is -0.146. The number of hydrogen-bond acceptors (Lipinski definition) is 5. The fourth-order valence-electron chi connectivity index (χ4n) is 1.96. The van der Waals surface area contributed by atoms with E-state index >= 15 is 0 Å². The van der Waals surface area contributed by atoms with E-state index < -0.39 is 5.79 Å². The van der Waals surface area contributed by atoms with Crippen LogP contribution in [0.3, 0.4) is 0 Å². The Kier molecular flexibility index (Phi) is 2.16. The molecule has 0 unspecified atom stereocenters. The zero-order chi connectivity index (χ0) is 12.8. The molecule has 1 aliphatic rings. The molecule has 1 aromatic heterocycles. The van der Waals surface area contributed by atoms with Gasteiger partial charge in [0.15, 0.2) is 17.1 Å². The number of nitrogen functional groups attached to an aromatic ring is 1. The first-order chi connectivity index (χ1) is 8.64. The summed E-state index contributed by atoms with van der Waals surface area (Å²) >= 11 is 0. The molecule has 0 saturated carbocycles. The van der Waals surface area contributed by atoms with Crippen molar-refractivity contribution < 1.29 is 18.6 Å². The molecule has 0 saturated heterocycles. The van der Waals surface area contributed by atoms with Gasteiger partial charge >= 0.3 is 5.79 Å². The summed E-state index contributed by atoms with van der Waals surface area (Å²) in [5.74, 6) is 0.218. The van der Waals surface area contributed by atoms with Gasteiger partial charge < -0.3 is 24.4 Å². The Morgan fingerprint density at radius 3 is 2.61 bits per heavy atom. The fraction of sp³-hybridized carbons (Fsp3) is 0.231. The molecule has 0 fully saturated rings. The molecule has 0 bridgehead atoms. The number of furan rings is 1. The molecule has 1 aromatic carbocycles. The Morgan fingerprint density at radius 1 is 1.22 bits per heavy atom. The summed E-state index contributed by atoms with van der Waals surface area (Å²) in [7, 11) is 1.58. The molecule has 2 aromatic rings. The summed E-state index contributed by atoms with van der Waals surface area (Å²) < 4.78 is 21.8. The van der Waals surface area contributed by atoms with Gasteiger partial charge in [-0.05, 0) is 18.2 Å². The summed E-state index contributed by atoms with van der Waals surface area (Å²) in [5.41, 5.74) is 7.13. The van der Waals surface area contributed by atoms with Crippen LogP contribution in [0.4, 0.5) is 5.69 Å². The lowest BCUT2D eigenvalue weighted by Crippen LogP contribution is -2.21. The Bertz CT molecular complexity index is 621. The predicted molar refractivity (Wildman–Crippen MR) is 65.8 cm³/mol. The number of rotatable bonds is 2. The highest BCUT2D eigenvalue weighted by molar-refractivity contribution is 5.93. The summed E-state index contributed by atoms with van der Waals surface area (Å²) in [6, 6.07) is 5.35. The van der Waals surface area contributed by atoms with E-state index in [1.807, 2.05) is 0 Å². The Labute approximate surface area is 104 Å². The second-order valence-corrected chi connectivity index (χ2v) is 4.16. The fourth-order valence-corrected chi connectivity index (χ4v) is 1.96. The molecule has 0 aliphatic carbocycles. The maximum atomic E-state index is 5.92. The van der Waals surface area contributed by atoms with Gasteiger partial charge in [0.2, 0.25) is 0 Å². The van der Waals surface area contributed by atoms with E-state index in [2.05, 4.69) is 0 Å². The van der Waals surface area contributed by atoms with Crippen LogP contribution in [0.5, 0.6) is 5.75 Å². The molecule has 0 radical (unpaired) electrons. The van der Waals surface area contributed by atoms with Crippen LogP contribution in [-0.4, -0.2) is 7.11 Å². The molecule has 0 amide bonds. The van der Waals surface area contributed by atoms with E-state index in [-0.39, 0.29) is 0 Å². The SMILES string of the molecule is COc1ccc(N)c2cc(C3(C)OC=CO3)oc12. The molecule has 3 rings (SSSR count). The van der Waals surface area contributed by atoms with Gasteiger partial charge in [0.05, 0.1) is 7.11 Å². The van der Waals surface area contributed by atoms with Crippen molar-refractivity contribution in [3.63, 3.8) is 0 Å². The predicted octanol–water partition coefficient (Wildman–Crippen LogP) is 2.71. The Balaban J connectivity index is 2.19. The van der Waals surface area contributed by atoms with Crippen molar-refractivity contribution in [3.8, 4) is 5.75 Å². The van der Waals surface area contributed by atoms with Crippen LogP contribution in [0.25, 0.3) is 11.0 Å². The van der Waals surface area contributed by atoms with E-state index in [4.69, 9.17) is 24.4 Å². The smallest absolute Gasteiger partial charge is 0.306 e. The Hall–Kier alpha value is -2.30. The molecular weight excluding hydrogens is 234 g/mol. The highest BCUT2D eigenvalue weighted by Crippen LogP contribution is 2.39. The third-order valence-corrected chi connectivity index (χ3v) is 2.99. The lowest BCUT2D eigenvalue weighted by Gasteiger charge is -2.19. The van der Waals surface area contributed by atoms with E-state index in [1.54, 1.807) is 32.2 Å². The minimum Gasteiger partial charge on any atom is -0.493 e. The van der Waals surface area contributed by atoms with Gasteiger partial charge in [0.1, 0.15) is 12.5 Å². The minimum absolute atomic E-state index is 0.540. The van der Waals surface area contributed by atoms with Crippen molar-refractivity contribution in [2.75, 3.05) is 12.8 Å². The third kappa shape index (κ3) is 1.40. The summed E-state index contributed by atoms with van der Waals surface area (Å²) in [4.78, 5) is 0. The van der Waals surface area contributed by atoms with Crippen LogP contribution >= 0.6 is 0 Å². The molecule has 5 heteroatoms. The third-order valence-electron chi connectivity index (χ3n) is 2.99. The summed E-state index contributed by atoms with van der Waals surface area (Å²) in [6.45, 7) is 1.77. The molecule has 18 heavy (non-hydrogen) atoms. The lowest BCUT2D eigenvalue weighted by atomic mass is 10.2. The molecule has 5 nitrogen and oxygen atoms in total. The van der Waals surface area contributed by atoms with Gasteiger partial charge in [-0.15, -0.1) is 0 Å². The minimum atomic E-state index is -0.948. The second kappa shape index (κ2) is 3.60. The number of anilines is 1. The molecular formula is C13H13NO4. The van der Waals surface area contributed by atoms with Gasteiger partial charge in [-0.25, -0.2) is 0 Å². The van der Waals surface area contributed by atoms with Gasteiger partial charge in [-0.3, -0.25) is 0 Å². The normalized spacial score (nSPS) is 16.6. The number of fused-ring (bicyclic) bond motifs is 1. The topological polar surface area (TPSA) is 66.9 Å². The summed E-state index contributed by atoms with van der Waals surface area (Å²) in [5, 5.41) is 0.782. The maximum absolute atomic E-state index is 5.92. The molecule has 1 aliphatic heterocycles. The van der Waals surface area contributed by atoms with Crippen molar-refractivity contribution in [2.24, 2.45) is 0 Å². The van der Waals surface area contributed by atoms with Crippen molar-refractivity contribution in [1.82, 2.24) is 0 Å². The second-order valence-electron chi connectivity index (χ2n) is 4.16. The van der Waals surface area contributed by atoms with Gasteiger partial charge in [-0.2, -0.15) is 0 Å². The van der Waals surface area contributed by atoms with E-state index in [0.29, 0.717) is 22.8 Å². The number of ether oxygens (including phenoxy) is 3. The molecule has 2 N–H and O–H groups in total. The Morgan fingerprint density at radius 2 is 1.94 bits per heavy atom. The highest BCUT2D eigenvalue weighted by Gasteiger charge is 2.36. The first-order valence-electron chi connectivity index (χ1n) is 5.51. The molecule has 2 heterocycles. The average molecular weight is 247 g/mol. The molecule has 0 atom stereocenters. The van der Waals surface area contributed by atoms with Gasteiger partial charge in [0.25, 0.3) is 0 Å². The number of hydrogen-bond donors (Lipinski definition) is 1. The van der Waals surface area contributed by atoms with Crippen LogP contribution in [0, 0.1) is 0 Å². The highest BCUT2D eigenvalue weighted by atomic mass is 16.7. The first kappa shape index (κ1) is 10.8. The maximum Gasteiger partial charge on any atom is 0.306 e. The average Bonchev–Trinajstić information content (AvgIpc) is 2.97. The first-order valence-corrected chi connectivity index (χ1v) is 5.51.